The van der Waals surface area contributed by atoms with E-state index in [9.17, 15) is 4.79 Å². The highest BCUT2D eigenvalue weighted by Crippen LogP contribution is 2.39. The summed E-state index contributed by atoms with van der Waals surface area (Å²) in [5, 5.41) is 5.57. The van der Waals surface area contributed by atoms with E-state index in [4.69, 9.17) is 4.74 Å². The van der Waals surface area contributed by atoms with Crippen molar-refractivity contribution in [2.24, 2.45) is 0 Å². The number of hydrogen-bond donors (Lipinski definition) is 1. The Balaban J connectivity index is 1.72. The van der Waals surface area contributed by atoms with Crippen LogP contribution >= 0.6 is 0 Å². The summed E-state index contributed by atoms with van der Waals surface area (Å²) < 4.78 is 6.08. The maximum absolute atomic E-state index is 12.8. The molecule has 4 nitrogen and oxygen atoms in total. The Bertz CT molecular complexity index is 804. The molecular weight excluding hydrogens is 324 g/mol. The van der Waals surface area contributed by atoms with Gasteiger partial charge in [0, 0.05) is 18.7 Å². The first-order chi connectivity index (χ1) is 12.7. The lowest BCUT2D eigenvalue weighted by atomic mass is 9.86. The van der Waals surface area contributed by atoms with Crippen LogP contribution in [-0.2, 0) is 11.3 Å². The average molecular weight is 352 g/mol. The minimum absolute atomic E-state index is 0.220. The summed E-state index contributed by atoms with van der Waals surface area (Å²) in [7, 11) is 0. The van der Waals surface area contributed by atoms with Crippen LogP contribution in [0, 0.1) is 0 Å². The van der Waals surface area contributed by atoms with Gasteiger partial charge in [-0.15, -0.1) is 0 Å². The van der Waals surface area contributed by atoms with Crippen molar-refractivity contribution < 1.29 is 9.53 Å². The third kappa shape index (κ3) is 2.96. The average Bonchev–Trinajstić information content (AvgIpc) is 3.07. The molecule has 0 radical (unpaired) electrons. The molecule has 4 heteroatoms. The molecule has 2 aliphatic rings. The number of ether oxygens (including phenoxy) is 1. The number of nitrogens with zero attached hydrogens (tertiary/aromatic N) is 1. The number of nitrogens with one attached hydrogen (secondary N) is 1. The fourth-order valence-corrected chi connectivity index (χ4v) is 4.58. The van der Waals surface area contributed by atoms with Crippen LogP contribution in [0.5, 0.6) is 5.75 Å². The van der Waals surface area contributed by atoms with E-state index in [0.29, 0.717) is 0 Å². The van der Waals surface area contributed by atoms with E-state index in [1.54, 1.807) is 0 Å². The quantitative estimate of drug-likeness (QED) is 0.888. The topological polar surface area (TPSA) is 41.6 Å². The minimum Gasteiger partial charge on any atom is -0.493 e. The molecule has 2 aromatic carbocycles. The molecule has 2 aromatic rings. The molecule has 0 saturated carbocycles. The highest BCUT2D eigenvalue weighted by atomic mass is 16.5. The van der Waals surface area contributed by atoms with Crippen LogP contribution in [0.4, 0.5) is 0 Å². The van der Waals surface area contributed by atoms with Crippen LogP contribution in [0.25, 0.3) is 10.8 Å². The molecule has 0 bridgehead atoms. The first kappa shape index (κ1) is 17.3. The number of likely N-dealkylation sites (tertiary alicyclic amines) is 1. The van der Waals surface area contributed by atoms with Gasteiger partial charge >= 0.3 is 0 Å². The van der Waals surface area contributed by atoms with Crippen molar-refractivity contribution >= 4 is 16.7 Å². The SMILES string of the molecule is CCCOc1ccc2ccccc2c1CN1CCCC12CCCNC2=O. The van der Waals surface area contributed by atoms with Gasteiger partial charge in [-0.05, 0) is 55.5 Å². The number of amides is 1. The molecule has 0 aromatic heterocycles. The molecule has 4 rings (SSSR count). The summed E-state index contributed by atoms with van der Waals surface area (Å²) in [6.07, 6.45) is 5.08. The lowest BCUT2D eigenvalue weighted by Crippen LogP contribution is -2.58. The van der Waals surface area contributed by atoms with Gasteiger partial charge < -0.3 is 10.1 Å². The van der Waals surface area contributed by atoms with Crippen molar-refractivity contribution in [3.05, 3.63) is 42.0 Å². The fourth-order valence-electron chi connectivity index (χ4n) is 4.58. The van der Waals surface area contributed by atoms with Crippen LogP contribution in [0.2, 0.25) is 0 Å². The number of carbonyl (C=O) groups is 1. The third-order valence-corrected chi connectivity index (χ3v) is 5.91. The Kier molecular flexibility index (Phi) is 4.86. The molecule has 2 saturated heterocycles. The zero-order chi connectivity index (χ0) is 18.0. The second-order valence-electron chi connectivity index (χ2n) is 7.53. The van der Waals surface area contributed by atoms with Crippen LogP contribution in [0.1, 0.15) is 44.6 Å². The number of hydrogen-bond acceptors (Lipinski definition) is 3. The van der Waals surface area contributed by atoms with Gasteiger partial charge in [-0.1, -0.05) is 37.3 Å². The number of carbonyl (C=O) groups excluding carboxylic acids is 1. The number of fused-ring (bicyclic) bond motifs is 1. The summed E-state index contributed by atoms with van der Waals surface area (Å²) in [5.41, 5.74) is 0.897. The standard InChI is InChI=1S/C22H28N2O2/c1-2-15-26-20-10-9-17-7-3-4-8-18(17)19(20)16-24-14-6-12-22(24)11-5-13-23-21(22)25/h3-4,7-10H,2,5-6,11-16H2,1H3,(H,23,25). The molecule has 1 amide bonds. The number of benzene rings is 2. The highest BCUT2D eigenvalue weighted by Gasteiger charge is 2.48. The van der Waals surface area contributed by atoms with Crippen molar-refractivity contribution in [1.82, 2.24) is 10.2 Å². The molecule has 2 fully saturated rings. The first-order valence-corrected chi connectivity index (χ1v) is 9.91. The van der Waals surface area contributed by atoms with Crippen LogP contribution in [0.15, 0.2) is 36.4 Å². The molecule has 1 unspecified atom stereocenters. The van der Waals surface area contributed by atoms with Crippen LogP contribution in [0.3, 0.4) is 0 Å². The molecule has 2 aliphatic heterocycles. The van der Waals surface area contributed by atoms with E-state index in [1.165, 1.54) is 16.3 Å². The molecule has 1 N–H and O–H groups in total. The lowest BCUT2D eigenvalue weighted by molar-refractivity contribution is -0.134. The monoisotopic (exact) mass is 352 g/mol. The van der Waals surface area contributed by atoms with Crippen molar-refractivity contribution in [3.8, 4) is 5.75 Å². The summed E-state index contributed by atoms with van der Waals surface area (Å²) in [6, 6.07) is 12.7. The Hall–Kier alpha value is -2.07. The van der Waals surface area contributed by atoms with Crippen molar-refractivity contribution in [2.75, 3.05) is 19.7 Å². The lowest BCUT2D eigenvalue weighted by Gasteiger charge is -2.40. The molecule has 1 atom stereocenters. The van der Waals surface area contributed by atoms with Crippen LogP contribution < -0.4 is 10.1 Å². The van der Waals surface area contributed by atoms with Gasteiger partial charge in [0.2, 0.25) is 5.91 Å². The van der Waals surface area contributed by atoms with Gasteiger partial charge in [-0.25, -0.2) is 0 Å². The zero-order valence-electron chi connectivity index (χ0n) is 15.6. The summed E-state index contributed by atoms with van der Waals surface area (Å²) in [6.45, 7) is 5.41. The van der Waals surface area contributed by atoms with Gasteiger partial charge in [0.25, 0.3) is 0 Å². The molecular formula is C22H28N2O2. The Morgan fingerprint density at radius 1 is 1.15 bits per heavy atom. The maximum atomic E-state index is 12.8. The summed E-state index contributed by atoms with van der Waals surface area (Å²) >= 11 is 0. The Morgan fingerprint density at radius 2 is 2.00 bits per heavy atom. The smallest absolute Gasteiger partial charge is 0.240 e. The van der Waals surface area contributed by atoms with Crippen molar-refractivity contribution in [2.45, 2.75) is 51.1 Å². The minimum atomic E-state index is -0.322. The fraction of sp³-hybridized carbons (Fsp3) is 0.500. The predicted molar refractivity (Wildman–Crippen MR) is 104 cm³/mol. The Labute approximate surface area is 155 Å². The van der Waals surface area contributed by atoms with E-state index in [0.717, 1.165) is 64.1 Å². The van der Waals surface area contributed by atoms with Crippen molar-refractivity contribution in [1.29, 1.82) is 0 Å². The first-order valence-electron chi connectivity index (χ1n) is 9.91. The van der Waals surface area contributed by atoms with E-state index in [2.05, 4.69) is 53.5 Å². The molecule has 0 aliphatic carbocycles. The normalized spacial score (nSPS) is 23.5. The van der Waals surface area contributed by atoms with Crippen molar-refractivity contribution in [3.63, 3.8) is 0 Å². The number of rotatable bonds is 5. The van der Waals surface area contributed by atoms with E-state index in [-0.39, 0.29) is 11.4 Å². The molecule has 1 spiro atoms. The largest absolute Gasteiger partial charge is 0.493 e. The van der Waals surface area contributed by atoms with Gasteiger partial charge in [-0.3, -0.25) is 9.69 Å². The van der Waals surface area contributed by atoms with E-state index >= 15 is 0 Å². The van der Waals surface area contributed by atoms with Crippen LogP contribution in [-0.4, -0.2) is 36.0 Å². The Morgan fingerprint density at radius 3 is 2.85 bits per heavy atom. The van der Waals surface area contributed by atoms with Gasteiger partial charge in [0.05, 0.1) is 6.61 Å². The molecule has 138 valence electrons. The predicted octanol–water partition coefficient (Wildman–Crippen LogP) is 3.87. The number of piperidine rings is 1. The molecule has 2 heterocycles. The third-order valence-electron chi connectivity index (χ3n) is 5.91. The maximum Gasteiger partial charge on any atom is 0.240 e. The second kappa shape index (κ2) is 7.28. The van der Waals surface area contributed by atoms with Gasteiger partial charge in [0.1, 0.15) is 11.3 Å². The van der Waals surface area contributed by atoms with E-state index in [1.807, 2.05) is 0 Å². The van der Waals surface area contributed by atoms with E-state index < -0.39 is 0 Å². The summed E-state index contributed by atoms with van der Waals surface area (Å²) in [4.78, 5) is 15.2. The van der Waals surface area contributed by atoms with Gasteiger partial charge in [-0.2, -0.15) is 0 Å². The molecule has 26 heavy (non-hydrogen) atoms. The summed E-state index contributed by atoms with van der Waals surface area (Å²) in [5.74, 6) is 1.18. The highest BCUT2D eigenvalue weighted by molar-refractivity contribution is 5.89. The van der Waals surface area contributed by atoms with Gasteiger partial charge in [0.15, 0.2) is 0 Å². The zero-order valence-corrected chi connectivity index (χ0v) is 15.6. The second-order valence-corrected chi connectivity index (χ2v) is 7.53.